The van der Waals surface area contributed by atoms with Gasteiger partial charge >= 0.3 is 0 Å². The predicted octanol–water partition coefficient (Wildman–Crippen LogP) is 2.01. The number of benzene rings is 1. The second-order valence-corrected chi connectivity index (χ2v) is 5.52. The number of nitrogens with zero attached hydrogens (tertiary/aromatic N) is 4. The quantitative estimate of drug-likeness (QED) is 0.644. The van der Waals surface area contributed by atoms with Gasteiger partial charge in [0.25, 0.3) is 0 Å². The second-order valence-electron chi connectivity index (χ2n) is 5.52. The predicted molar refractivity (Wildman–Crippen MR) is 99.6 cm³/mol. The van der Waals surface area contributed by atoms with Gasteiger partial charge in [-0.25, -0.2) is 14.6 Å². The number of carbonyl (C=O) groups is 1. The van der Waals surface area contributed by atoms with Crippen molar-refractivity contribution < 1.29 is 14.3 Å². The average molecular weight is 365 g/mol. The molecule has 0 saturated heterocycles. The molecule has 27 heavy (non-hydrogen) atoms. The molecule has 1 N–H and O–H groups in total. The number of hydrogen-bond acceptors (Lipinski definition) is 6. The summed E-state index contributed by atoms with van der Waals surface area (Å²) in [6.45, 7) is 0.313. The van der Waals surface area contributed by atoms with Crippen molar-refractivity contribution in [1.82, 2.24) is 25.1 Å². The number of aromatic nitrogens is 4. The minimum Gasteiger partial charge on any atom is -0.497 e. The van der Waals surface area contributed by atoms with Crippen LogP contribution in [0.5, 0.6) is 11.5 Å². The Balaban J connectivity index is 1.67. The van der Waals surface area contributed by atoms with Crippen LogP contribution in [0.3, 0.4) is 0 Å². The van der Waals surface area contributed by atoms with E-state index in [0.29, 0.717) is 23.9 Å². The maximum Gasteiger partial charge on any atom is 0.244 e. The Kier molecular flexibility index (Phi) is 5.78. The molecule has 2 heterocycles. The first-order valence-corrected chi connectivity index (χ1v) is 8.17. The summed E-state index contributed by atoms with van der Waals surface area (Å²) in [6.07, 6.45) is 7.81. The van der Waals surface area contributed by atoms with E-state index in [1.54, 1.807) is 49.6 Å². The molecule has 2 aromatic heterocycles. The minimum absolute atomic E-state index is 0.231. The van der Waals surface area contributed by atoms with Crippen molar-refractivity contribution in [3.05, 3.63) is 66.4 Å². The molecular formula is C19H19N5O3. The third kappa shape index (κ3) is 4.69. The van der Waals surface area contributed by atoms with E-state index in [1.807, 2.05) is 18.2 Å². The van der Waals surface area contributed by atoms with Crippen LogP contribution in [0.1, 0.15) is 11.1 Å². The summed E-state index contributed by atoms with van der Waals surface area (Å²) < 4.78 is 12.0. The number of pyridine rings is 1. The van der Waals surface area contributed by atoms with Crippen LogP contribution >= 0.6 is 0 Å². The van der Waals surface area contributed by atoms with Crippen molar-refractivity contribution >= 4 is 12.0 Å². The molecule has 0 unspecified atom stereocenters. The fraction of sp³-hybridized carbons (Fsp3) is 0.158. The Bertz CT molecular complexity index is 916. The van der Waals surface area contributed by atoms with Gasteiger partial charge in [-0.1, -0.05) is 6.07 Å². The summed E-state index contributed by atoms with van der Waals surface area (Å²) in [6, 6.07) is 9.08. The van der Waals surface area contributed by atoms with Crippen LogP contribution in [0.15, 0.2) is 55.3 Å². The molecule has 0 aliphatic carbocycles. The number of ether oxygens (including phenoxy) is 2. The molecule has 8 nitrogen and oxygen atoms in total. The monoisotopic (exact) mass is 365 g/mol. The first-order chi connectivity index (χ1) is 13.2. The third-order valence-electron chi connectivity index (χ3n) is 3.76. The normalized spacial score (nSPS) is 10.7. The van der Waals surface area contributed by atoms with Crippen molar-refractivity contribution in [1.29, 1.82) is 0 Å². The van der Waals surface area contributed by atoms with E-state index in [0.717, 1.165) is 11.1 Å². The van der Waals surface area contributed by atoms with Crippen molar-refractivity contribution in [3.8, 4) is 17.3 Å². The first-order valence-electron chi connectivity index (χ1n) is 8.17. The van der Waals surface area contributed by atoms with E-state index >= 15 is 0 Å². The van der Waals surface area contributed by atoms with Gasteiger partial charge in [-0.05, 0) is 29.8 Å². The molecule has 8 heteroatoms. The molecule has 3 rings (SSSR count). The van der Waals surface area contributed by atoms with Crippen LogP contribution in [-0.2, 0) is 11.3 Å². The zero-order chi connectivity index (χ0) is 19.1. The molecule has 138 valence electrons. The van der Waals surface area contributed by atoms with Gasteiger partial charge in [0.15, 0.2) is 5.82 Å². The highest BCUT2D eigenvalue weighted by molar-refractivity contribution is 5.91. The molecule has 0 bridgehead atoms. The van der Waals surface area contributed by atoms with Crippen LogP contribution in [0.2, 0.25) is 0 Å². The SMILES string of the molecule is COc1cc(/C=C\C(=O)NCc2cccnc2-n2cncn2)cc(OC)c1. The largest absolute Gasteiger partial charge is 0.497 e. The zero-order valence-electron chi connectivity index (χ0n) is 15.0. The van der Waals surface area contributed by atoms with E-state index < -0.39 is 0 Å². The maximum atomic E-state index is 12.2. The van der Waals surface area contributed by atoms with Gasteiger partial charge in [-0.3, -0.25) is 4.79 Å². The summed E-state index contributed by atoms with van der Waals surface area (Å²) in [4.78, 5) is 20.4. The molecule has 0 atom stereocenters. The van der Waals surface area contributed by atoms with Gasteiger partial charge in [0, 0.05) is 30.4 Å². The van der Waals surface area contributed by atoms with Gasteiger partial charge < -0.3 is 14.8 Å². The fourth-order valence-electron chi connectivity index (χ4n) is 2.43. The Morgan fingerprint density at radius 3 is 2.67 bits per heavy atom. The van der Waals surface area contributed by atoms with Gasteiger partial charge in [0.05, 0.1) is 14.2 Å². The zero-order valence-corrected chi connectivity index (χ0v) is 15.0. The lowest BCUT2D eigenvalue weighted by molar-refractivity contribution is -0.116. The lowest BCUT2D eigenvalue weighted by atomic mass is 10.2. The summed E-state index contributed by atoms with van der Waals surface area (Å²) >= 11 is 0. The summed E-state index contributed by atoms with van der Waals surface area (Å²) in [7, 11) is 3.16. The van der Waals surface area contributed by atoms with E-state index in [1.165, 1.54) is 12.4 Å². The van der Waals surface area contributed by atoms with Crippen LogP contribution in [-0.4, -0.2) is 39.9 Å². The molecule has 3 aromatic rings. The Labute approximate surface area is 156 Å². The van der Waals surface area contributed by atoms with E-state index in [2.05, 4.69) is 20.4 Å². The maximum absolute atomic E-state index is 12.2. The van der Waals surface area contributed by atoms with Crippen molar-refractivity contribution in [2.45, 2.75) is 6.54 Å². The van der Waals surface area contributed by atoms with Gasteiger partial charge in [0.1, 0.15) is 24.2 Å². The van der Waals surface area contributed by atoms with Crippen LogP contribution in [0.25, 0.3) is 11.9 Å². The lowest BCUT2D eigenvalue weighted by Crippen LogP contribution is -2.21. The molecule has 0 aliphatic rings. The Morgan fingerprint density at radius 1 is 1.22 bits per heavy atom. The first kappa shape index (κ1) is 18.1. The van der Waals surface area contributed by atoms with E-state index in [-0.39, 0.29) is 5.91 Å². The Morgan fingerprint density at radius 2 is 2.00 bits per heavy atom. The molecule has 0 radical (unpaired) electrons. The fourth-order valence-corrected chi connectivity index (χ4v) is 2.43. The van der Waals surface area contributed by atoms with E-state index in [4.69, 9.17) is 9.47 Å². The highest BCUT2D eigenvalue weighted by Gasteiger charge is 2.07. The molecule has 1 aromatic carbocycles. The third-order valence-corrected chi connectivity index (χ3v) is 3.76. The second kappa shape index (κ2) is 8.61. The van der Waals surface area contributed by atoms with Gasteiger partial charge in [0.2, 0.25) is 5.91 Å². The van der Waals surface area contributed by atoms with Crippen LogP contribution in [0.4, 0.5) is 0 Å². The molecule has 1 amide bonds. The molecule has 0 saturated carbocycles. The lowest BCUT2D eigenvalue weighted by Gasteiger charge is -2.08. The van der Waals surface area contributed by atoms with Crippen LogP contribution < -0.4 is 14.8 Å². The van der Waals surface area contributed by atoms with Gasteiger partial charge in [-0.15, -0.1) is 0 Å². The molecular weight excluding hydrogens is 346 g/mol. The standard InChI is InChI=1S/C19H19N5O3/c1-26-16-8-14(9-17(10-16)27-2)5-6-18(25)22-11-15-4-3-7-21-19(15)24-13-20-12-23-24/h3-10,12-13H,11H2,1-2H3,(H,22,25)/b6-5-. The van der Waals surface area contributed by atoms with Gasteiger partial charge in [-0.2, -0.15) is 5.10 Å². The minimum atomic E-state index is -0.231. The number of rotatable bonds is 7. The average Bonchev–Trinajstić information content (AvgIpc) is 3.25. The summed E-state index contributed by atoms with van der Waals surface area (Å²) in [5.74, 6) is 1.70. The molecule has 0 fully saturated rings. The summed E-state index contributed by atoms with van der Waals surface area (Å²) in [5.41, 5.74) is 1.62. The van der Waals surface area contributed by atoms with Crippen molar-refractivity contribution in [3.63, 3.8) is 0 Å². The molecule has 0 aliphatic heterocycles. The number of carbonyl (C=O) groups excluding carboxylic acids is 1. The van der Waals surface area contributed by atoms with E-state index in [9.17, 15) is 4.79 Å². The smallest absolute Gasteiger partial charge is 0.244 e. The van der Waals surface area contributed by atoms with Crippen molar-refractivity contribution in [2.75, 3.05) is 14.2 Å². The number of methoxy groups -OCH3 is 2. The topological polar surface area (TPSA) is 91.2 Å². The summed E-state index contributed by atoms with van der Waals surface area (Å²) in [5, 5.41) is 6.91. The molecule has 0 spiro atoms. The Hall–Kier alpha value is -3.68. The number of nitrogens with one attached hydrogen (secondary N) is 1. The van der Waals surface area contributed by atoms with Crippen molar-refractivity contribution in [2.24, 2.45) is 0 Å². The highest BCUT2D eigenvalue weighted by Crippen LogP contribution is 2.23. The number of hydrogen-bond donors (Lipinski definition) is 1. The highest BCUT2D eigenvalue weighted by atomic mass is 16.5. The number of amides is 1. The van der Waals surface area contributed by atoms with Crippen LogP contribution in [0, 0.1) is 0 Å².